The van der Waals surface area contributed by atoms with Gasteiger partial charge in [0.05, 0.1) is 12.4 Å². The second-order valence-electron chi connectivity index (χ2n) is 3.51. The molecule has 0 aromatic carbocycles. The van der Waals surface area contributed by atoms with Crippen LogP contribution < -0.4 is 0 Å². The lowest BCUT2D eigenvalue weighted by atomic mass is 9.90. The fourth-order valence-corrected chi connectivity index (χ4v) is 1.79. The van der Waals surface area contributed by atoms with Gasteiger partial charge >= 0.3 is 0 Å². The smallest absolute Gasteiger partial charge is 0.101 e. The van der Waals surface area contributed by atoms with Crippen LogP contribution in [0.4, 0.5) is 4.39 Å². The lowest BCUT2D eigenvalue weighted by molar-refractivity contribution is 0.159. The number of rotatable bonds is 0. The number of hydrogen-bond donors (Lipinski definition) is 0. The van der Waals surface area contributed by atoms with E-state index in [1.165, 1.54) is 0 Å². The van der Waals surface area contributed by atoms with Gasteiger partial charge in [-0.1, -0.05) is 6.92 Å². The average molecular weight is 168 g/mol. The van der Waals surface area contributed by atoms with Gasteiger partial charge in [0.1, 0.15) is 5.83 Å². The van der Waals surface area contributed by atoms with E-state index >= 15 is 0 Å². The molecule has 0 spiro atoms. The molecule has 2 aliphatic rings. The lowest BCUT2D eigenvalue weighted by Gasteiger charge is -2.27. The molecule has 1 unspecified atom stereocenters. The van der Waals surface area contributed by atoms with E-state index in [1.807, 2.05) is 0 Å². The van der Waals surface area contributed by atoms with Crippen LogP contribution in [0.15, 0.2) is 23.2 Å². The highest BCUT2D eigenvalue weighted by atomic mass is 19.1. The van der Waals surface area contributed by atoms with E-state index in [1.54, 1.807) is 6.08 Å². The number of halogens is 1. The molecule has 0 aromatic rings. The first-order chi connectivity index (χ1) is 5.77. The van der Waals surface area contributed by atoms with Crippen LogP contribution in [0.5, 0.6) is 0 Å². The average Bonchev–Trinajstić information content (AvgIpc) is 2.07. The fourth-order valence-electron chi connectivity index (χ4n) is 1.79. The first-order valence-electron chi connectivity index (χ1n) is 4.49. The molecule has 0 bridgehead atoms. The summed E-state index contributed by atoms with van der Waals surface area (Å²) in [6.07, 6.45) is 3.94. The predicted octanol–water partition coefficient (Wildman–Crippen LogP) is 2.94. The van der Waals surface area contributed by atoms with Gasteiger partial charge < -0.3 is 4.74 Å². The van der Waals surface area contributed by atoms with Gasteiger partial charge in [-0.05, 0) is 24.0 Å². The molecular formula is C10H13FO. The first-order valence-corrected chi connectivity index (χ1v) is 4.49. The molecule has 0 radical (unpaired) electrons. The normalized spacial score (nSPS) is 29.2. The molecule has 1 heterocycles. The van der Waals surface area contributed by atoms with Crippen molar-refractivity contribution < 1.29 is 9.13 Å². The molecule has 66 valence electrons. The minimum Gasteiger partial charge on any atom is -0.498 e. The summed E-state index contributed by atoms with van der Waals surface area (Å²) in [5, 5.41) is 0. The molecule has 2 heteroatoms. The van der Waals surface area contributed by atoms with Crippen molar-refractivity contribution in [3.05, 3.63) is 23.2 Å². The van der Waals surface area contributed by atoms with Crippen molar-refractivity contribution in [3.8, 4) is 0 Å². The summed E-state index contributed by atoms with van der Waals surface area (Å²) in [6.45, 7) is 2.93. The Bertz CT molecular complexity index is 253. The Hall–Kier alpha value is -0.790. The Labute approximate surface area is 71.9 Å². The third kappa shape index (κ3) is 1.26. The largest absolute Gasteiger partial charge is 0.498 e. The maximum absolute atomic E-state index is 12.9. The molecule has 0 N–H and O–H groups in total. The van der Waals surface area contributed by atoms with Crippen LogP contribution in [0.2, 0.25) is 0 Å². The van der Waals surface area contributed by atoms with Gasteiger partial charge in [-0.25, -0.2) is 4.39 Å². The molecule has 1 aliphatic heterocycles. The highest BCUT2D eigenvalue weighted by molar-refractivity contribution is 5.31. The van der Waals surface area contributed by atoms with Gasteiger partial charge in [-0.3, -0.25) is 0 Å². The quantitative estimate of drug-likeness (QED) is 0.540. The summed E-state index contributed by atoms with van der Waals surface area (Å²) in [5.41, 5.74) is 1.09. The summed E-state index contributed by atoms with van der Waals surface area (Å²) >= 11 is 0. The number of allylic oxidation sites excluding steroid dienone is 4. The van der Waals surface area contributed by atoms with Gasteiger partial charge in [-0.2, -0.15) is 0 Å². The Morgan fingerprint density at radius 3 is 3.17 bits per heavy atom. The Morgan fingerprint density at radius 2 is 2.33 bits per heavy atom. The van der Waals surface area contributed by atoms with Crippen LogP contribution in [-0.2, 0) is 4.74 Å². The zero-order chi connectivity index (χ0) is 8.55. The van der Waals surface area contributed by atoms with Crippen molar-refractivity contribution in [3.63, 3.8) is 0 Å². The predicted molar refractivity (Wildman–Crippen MR) is 45.2 cm³/mol. The van der Waals surface area contributed by atoms with Crippen LogP contribution in [0.25, 0.3) is 0 Å². The third-order valence-corrected chi connectivity index (χ3v) is 2.58. The highest BCUT2D eigenvalue weighted by Crippen LogP contribution is 2.34. The first kappa shape index (κ1) is 7.84. The molecule has 1 nitrogen and oxygen atoms in total. The Kier molecular flexibility index (Phi) is 1.91. The molecule has 0 fully saturated rings. The maximum Gasteiger partial charge on any atom is 0.101 e. The van der Waals surface area contributed by atoms with Crippen LogP contribution in [0.1, 0.15) is 26.2 Å². The molecule has 2 rings (SSSR count). The molecule has 0 aromatic heterocycles. The molecule has 12 heavy (non-hydrogen) atoms. The Morgan fingerprint density at radius 1 is 1.50 bits per heavy atom. The third-order valence-electron chi connectivity index (χ3n) is 2.58. The summed E-state index contributed by atoms with van der Waals surface area (Å²) in [5.74, 6) is 1.50. The van der Waals surface area contributed by atoms with Gasteiger partial charge in [-0.15, -0.1) is 0 Å². The number of ether oxygens (including phenoxy) is 1. The molecule has 0 amide bonds. The summed E-state index contributed by atoms with van der Waals surface area (Å²) < 4.78 is 18.4. The van der Waals surface area contributed by atoms with Crippen molar-refractivity contribution in [1.29, 1.82) is 0 Å². The molecule has 1 atom stereocenters. The second kappa shape index (κ2) is 2.92. The maximum atomic E-state index is 12.9. The zero-order valence-electron chi connectivity index (χ0n) is 7.27. The van der Waals surface area contributed by atoms with Gasteiger partial charge in [0, 0.05) is 12.8 Å². The SMILES string of the molecule is CC1CCOC2=C1C=C(F)CC2. The fraction of sp³-hybridized carbons (Fsp3) is 0.600. The van der Waals surface area contributed by atoms with Crippen LogP contribution in [-0.4, -0.2) is 6.61 Å². The summed E-state index contributed by atoms with van der Waals surface area (Å²) in [7, 11) is 0. The topological polar surface area (TPSA) is 9.23 Å². The minimum atomic E-state index is 0.00565. The molecule has 0 saturated carbocycles. The molecule has 1 aliphatic carbocycles. The van der Waals surface area contributed by atoms with Gasteiger partial charge in [0.2, 0.25) is 0 Å². The summed E-state index contributed by atoms with van der Waals surface area (Å²) in [4.78, 5) is 0. The van der Waals surface area contributed by atoms with Crippen molar-refractivity contribution in [1.82, 2.24) is 0 Å². The van der Waals surface area contributed by atoms with E-state index in [4.69, 9.17) is 4.74 Å². The zero-order valence-corrected chi connectivity index (χ0v) is 7.27. The number of hydrogen-bond acceptors (Lipinski definition) is 1. The second-order valence-corrected chi connectivity index (χ2v) is 3.51. The van der Waals surface area contributed by atoms with E-state index in [2.05, 4.69) is 6.92 Å². The summed E-state index contributed by atoms with van der Waals surface area (Å²) in [6, 6.07) is 0. The van der Waals surface area contributed by atoms with Gasteiger partial charge in [0.15, 0.2) is 0 Å². The highest BCUT2D eigenvalue weighted by Gasteiger charge is 2.22. The molecular weight excluding hydrogens is 155 g/mol. The van der Waals surface area contributed by atoms with E-state index in [0.717, 1.165) is 30.8 Å². The Balaban J connectivity index is 2.31. The van der Waals surface area contributed by atoms with E-state index in [-0.39, 0.29) is 5.83 Å². The van der Waals surface area contributed by atoms with Crippen molar-refractivity contribution in [2.45, 2.75) is 26.2 Å². The van der Waals surface area contributed by atoms with Crippen molar-refractivity contribution in [2.24, 2.45) is 5.92 Å². The van der Waals surface area contributed by atoms with Crippen molar-refractivity contribution in [2.75, 3.05) is 6.61 Å². The van der Waals surface area contributed by atoms with E-state index < -0.39 is 0 Å². The van der Waals surface area contributed by atoms with Crippen LogP contribution >= 0.6 is 0 Å². The van der Waals surface area contributed by atoms with E-state index in [0.29, 0.717) is 12.3 Å². The standard InChI is InChI=1S/C10H13FO/c1-7-4-5-12-10-3-2-8(11)6-9(7)10/h6-7H,2-5H2,1H3. The van der Waals surface area contributed by atoms with Crippen LogP contribution in [0, 0.1) is 5.92 Å². The minimum absolute atomic E-state index is 0.00565. The monoisotopic (exact) mass is 168 g/mol. The molecule has 0 saturated heterocycles. The van der Waals surface area contributed by atoms with Gasteiger partial charge in [0.25, 0.3) is 0 Å². The van der Waals surface area contributed by atoms with E-state index in [9.17, 15) is 4.39 Å². The van der Waals surface area contributed by atoms with Crippen molar-refractivity contribution >= 4 is 0 Å². The van der Waals surface area contributed by atoms with Crippen LogP contribution in [0.3, 0.4) is 0 Å². The lowest BCUT2D eigenvalue weighted by Crippen LogP contribution is -2.16.